The van der Waals surface area contributed by atoms with Gasteiger partial charge in [0.05, 0.1) is 101 Å². The maximum Gasteiger partial charge on any atom is 0.0809 e. The van der Waals surface area contributed by atoms with E-state index >= 15 is 0 Å². The number of aromatic nitrogens is 9. The van der Waals surface area contributed by atoms with Gasteiger partial charge in [0.2, 0.25) is 0 Å². The third kappa shape index (κ3) is 16.6. The van der Waals surface area contributed by atoms with Gasteiger partial charge in [0.15, 0.2) is 0 Å². The van der Waals surface area contributed by atoms with E-state index in [0.29, 0.717) is 0 Å². The highest BCUT2D eigenvalue weighted by atomic mass is 15.0. The Morgan fingerprint density at radius 3 is 0.544 bits per heavy atom. The Hall–Kier alpha value is -19.7. The smallest absolute Gasteiger partial charge is 0.0809 e. The first-order chi connectivity index (χ1) is 72.9. The fourth-order valence-electron chi connectivity index (χ4n) is 21.2. The lowest BCUT2D eigenvalue weighted by Crippen LogP contribution is -1.96. The van der Waals surface area contributed by atoms with Gasteiger partial charge in [0.25, 0.3) is 0 Å². The number of para-hydroxylation sites is 9. The molecule has 0 saturated carbocycles. The summed E-state index contributed by atoms with van der Waals surface area (Å²) in [5.74, 6) is 0. The molecule has 0 aliphatic heterocycles. The predicted molar refractivity (Wildman–Crippen MR) is 612 cm³/mol. The van der Waals surface area contributed by atoms with Gasteiger partial charge in [-0.25, -0.2) is 29.9 Å². The first-order valence-corrected chi connectivity index (χ1v) is 49.9. The predicted octanol–water partition coefficient (Wildman–Crippen LogP) is 35.9. The molecule has 9 heteroatoms. The van der Waals surface area contributed by atoms with E-state index in [9.17, 15) is 0 Å². The molecule has 0 spiro atoms. The summed E-state index contributed by atoms with van der Waals surface area (Å²) < 4.78 is 7.16. The number of fused-ring (bicyclic) bond motifs is 15. The monoisotopic (exact) mass is 1870 g/mol. The van der Waals surface area contributed by atoms with Gasteiger partial charge in [0.1, 0.15) is 0 Å². The highest BCUT2D eigenvalue weighted by Crippen LogP contribution is 2.48. The van der Waals surface area contributed by atoms with Crippen LogP contribution in [0.1, 0.15) is 0 Å². The summed E-state index contributed by atoms with van der Waals surface area (Å²) in [6.07, 6.45) is 0. The standard InChI is InChI=1S/C50H33N3.2C44H29N3/c1-4-14-34(15-5-1)36-24-26-37(27-25-36)45-32-40(35-16-6-2-7-17-35)33-46(51-45)38-28-30-39(31-29-38)49-48-43-21-11-13-23-47(43)53(41-18-8-3-9-19-41)50(48)42-20-10-12-22-44(42)52-49;1-4-14-31(15-5-1)39-28-34(29-40(45-39)32-16-6-2-7-17-32)30-24-26-33(27-25-30)43-42-37-21-11-13-23-41(37)47(35-18-8-3-9-19-35)44(42)36-20-10-12-22-38(36)46-43;1-4-14-30(15-5-1)34-28-39(31-16-6-2-7-17-31)45-40(29-34)32-24-26-33(27-25-32)43-42-37-21-11-13-23-41(37)47(35-18-8-3-9-19-35)44(42)36-20-10-12-22-38(36)46-43/h1-33H;2*1-29H. The average molecular weight is 1880 g/mol. The maximum absolute atomic E-state index is 5.34. The van der Waals surface area contributed by atoms with E-state index in [2.05, 4.69) is 541 Å². The van der Waals surface area contributed by atoms with Crippen LogP contribution in [0.3, 0.4) is 0 Å². The van der Waals surface area contributed by atoms with Crippen molar-refractivity contribution in [1.82, 2.24) is 43.6 Å². The Labute approximate surface area is 850 Å². The van der Waals surface area contributed by atoms with Crippen molar-refractivity contribution in [3.63, 3.8) is 0 Å². The Morgan fingerprint density at radius 1 is 0.122 bits per heavy atom. The zero-order valence-electron chi connectivity index (χ0n) is 80.1. The van der Waals surface area contributed by atoms with Gasteiger partial charge in [-0.05, 0) is 154 Å². The lowest BCUT2D eigenvalue weighted by atomic mass is 9.97. The summed E-state index contributed by atoms with van der Waals surface area (Å²) >= 11 is 0. The molecule has 688 valence electrons. The first kappa shape index (κ1) is 87.5. The van der Waals surface area contributed by atoms with Crippen LogP contribution in [-0.2, 0) is 0 Å². The van der Waals surface area contributed by atoms with Crippen molar-refractivity contribution in [2.24, 2.45) is 0 Å². The molecule has 0 amide bonds. The molecule has 0 radical (unpaired) electrons. The van der Waals surface area contributed by atoms with Crippen molar-refractivity contribution in [2.45, 2.75) is 0 Å². The largest absolute Gasteiger partial charge is 0.308 e. The van der Waals surface area contributed by atoms with Crippen molar-refractivity contribution in [3.8, 4) is 163 Å². The molecule has 19 aromatic carbocycles. The number of pyridine rings is 6. The second-order valence-electron chi connectivity index (χ2n) is 37.1. The van der Waals surface area contributed by atoms with Crippen LogP contribution >= 0.6 is 0 Å². The topological polar surface area (TPSA) is 92.1 Å². The molecule has 0 bridgehead atoms. The first-order valence-electron chi connectivity index (χ1n) is 49.9. The number of hydrogen-bond donors (Lipinski definition) is 0. The Kier molecular flexibility index (Phi) is 22.8. The maximum atomic E-state index is 5.34. The third-order valence-electron chi connectivity index (χ3n) is 28.1. The number of hydrogen-bond acceptors (Lipinski definition) is 6. The van der Waals surface area contributed by atoms with Gasteiger partial charge >= 0.3 is 0 Å². The lowest BCUT2D eigenvalue weighted by Gasteiger charge is -2.13. The van der Waals surface area contributed by atoms with E-state index in [1.165, 1.54) is 60.4 Å². The minimum Gasteiger partial charge on any atom is -0.308 e. The van der Waals surface area contributed by atoms with Gasteiger partial charge in [-0.1, -0.05) is 443 Å². The van der Waals surface area contributed by atoms with Crippen LogP contribution in [0.4, 0.5) is 0 Å². The van der Waals surface area contributed by atoms with Crippen LogP contribution in [0.15, 0.2) is 552 Å². The van der Waals surface area contributed by atoms with Crippen molar-refractivity contribution in [3.05, 3.63) is 552 Å². The summed E-state index contributed by atoms with van der Waals surface area (Å²) in [6, 6.07) is 194. The van der Waals surface area contributed by atoms with Crippen molar-refractivity contribution < 1.29 is 0 Å². The van der Waals surface area contributed by atoms with Crippen molar-refractivity contribution in [2.75, 3.05) is 0 Å². The van der Waals surface area contributed by atoms with Crippen LogP contribution < -0.4 is 0 Å². The Bertz CT molecular complexity index is 9280. The van der Waals surface area contributed by atoms with Gasteiger partial charge in [-0.3, -0.25) is 0 Å². The highest BCUT2D eigenvalue weighted by Gasteiger charge is 2.27. The zero-order chi connectivity index (χ0) is 97.5. The third-order valence-corrected chi connectivity index (χ3v) is 28.1. The van der Waals surface area contributed by atoms with Gasteiger partial charge in [-0.2, -0.15) is 0 Å². The minimum atomic E-state index is 0.928. The van der Waals surface area contributed by atoms with Gasteiger partial charge < -0.3 is 13.7 Å². The molecule has 28 aromatic rings. The SMILES string of the molecule is c1ccc(-c2cc(-c3ccc(-c4nc5ccccc5c5c4c4ccccc4n5-c4ccccc4)cc3)cc(-c3ccccc3)n2)cc1.c1ccc(-c2cc(-c3ccccc3)nc(-c3ccc(-c4nc5ccccc5c5c4c4ccccc4n5-c4ccccc4)cc3)c2)cc1.c1ccc(-c2ccc(-c3cc(-c4ccccc4)cc(-c4ccc(-c5nc6ccccc6c6c5c5ccccc5n6-c5ccccc5)cc4)n3)cc2)cc1. The van der Waals surface area contributed by atoms with E-state index in [0.717, 1.165) is 201 Å². The molecular formula is C138H91N9. The molecular weight excluding hydrogens is 1780 g/mol. The quantitative estimate of drug-likeness (QED) is 0.0957. The Balaban J connectivity index is 0.000000112. The summed E-state index contributed by atoms with van der Waals surface area (Å²) in [6.45, 7) is 0. The molecule has 0 N–H and O–H groups in total. The molecule has 0 atom stereocenters. The number of nitrogens with zero attached hydrogens (tertiary/aromatic N) is 9. The molecule has 0 saturated heterocycles. The molecule has 9 aromatic heterocycles. The van der Waals surface area contributed by atoms with E-state index in [-0.39, 0.29) is 0 Å². The van der Waals surface area contributed by atoms with E-state index in [1.807, 2.05) is 24.3 Å². The van der Waals surface area contributed by atoms with Crippen LogP contribution in [0, 0.1) is 0 Å². The summed E-state index contributed by atoms with van der Waals surface area (Å²) in [5, 5.41) is 10.5. The van der Waals surface area contributed by atoms with Gasteiger partial charge in [0, 0.05) is 116 Å². The minimum absolute atomic E-state index is 0.928. The highest BCUT2D eigenvalue weighted by molar-refractivity contribution is 6.25. The lowest BCUT2D eigenvalue weighted by molar-refractivity contribution is 1.18. The molecule has 0 aliphatic carbocycles. The summed E-state index contributed by atoms with van der Waals surface area (Å²) in [5.41, 5.74) is 40.9. The second-order valence-corrected chi connectivity index (χ2v) is 37.1. The molecule has 0 fully saturated rings. The van der Waals surface area contributed by atoms with E-state index < -0.39 is 0 Å². The van der Waals surface area contributed by atoms with Crippen molar-refractivity contribution >= 4 is 98.1 Å². The molecule has 9 heterocycles. The molecule has 0 aliphatic rings. The molecule has 0 unspecified atom stereocenters. The van der Waals surface area contributed by atoms with Gasteiger partial charge in [-0.15, -0.1) is 0 Å². The van der Waals surface area contributed by atoms with E-state index in [4.69, 9.17) is 29.9 Å². The molecule has 28 rings (SSSR count). The summed E-state index contributed by atoms with van der Waals surface area (Å²) in [4.78, 5) is 31.4. The van der Waals surface area contributed by atoms with Crippen LogP contribution in [-0.4, -0.2) is 43.6 Å². The average Bonchev–Trinajstić information content (AvgIpc) is 1.57. The fraction of sp³-hybridized carbons (Fsp3) is 0. The normalized spacial score (nSPS) is 11.4. The van der Waals surface area contributed by atoms with Crippen molar-refractivity contribution in [1.29, 1.82) is 0 Å². The second kappa shape index (κ2) is 38.4. The number of benzene rings is 19. The fourth-order valence-corrected chi connectivity index (χ4v) is 21.2. The van der Waals surface area contributed by atoms with E-state index in [1.54, 1.807) is 0 Å². The molecule has 147 heavy (non-hydrogen) atoms. The number of rotatable bonds is 16. The Morgan fingerprint density at radius 2 is 0.293 bits per heavy atom. The van der Waals surface area contributed by atoms with Crippen LogP contribution in [0.2, 0.25) is 0 Å². The zero-order valence-corrected chi connectivity index (χ0v) is 80.1. The molecule has 9 nitrogen and oxygen atoms in total. The summed E-state index contributed by atoms with van der Waals surface area (Å²) in [7, 11) is 0. The van der Waals surface area contributed by atoms with Crippen LogP contribution in [0.25, 0.3) is 261 Å². The van der Waals surface area contributed by atoms with Crippen LogP contribution in [0.5, 0.6) is 0 Å².